The van der Waals surface area contributed by atoms with Crippen molar-refractivity contribution in [3.63, 3.8) is 0 Å². The van der Waals surface area contributed by atoms with Gasteiger partial charge in [-0.05, 0) is 175 Å². The van der Waals surface area contributed by atoms with Gasteiger partial charge >= 0.3 is 29.8 Å². The monoisotopic (exact) mass is 899 g/mol. The normalized spacial score (nSPS) is 29.4. The maximum atomic E-state index is 12.8. The second kappa shape index (κ2) is 24.8. The van der Waals surface area contributed by atoms with Crippen molar-refractivity contribution in [2.24, 2.45) is 63.6 Å². The van der Waals surface area contributed by atoms with E-state index < -0.39 is 23.5 Å². The van der Waals surface area contributed by atoms with Gasteiger partial charge in [0.05, 0.1) is 22.2 Å². The molecule has 2 aliphatic heterocycles. The molecular weight excluding hydrogens is 797 g/mol. The van der Waals surface area contributed by atoms with Crippen molar-refractivity contribution < 1.29 is 47.7 Å². The van der Waals surface area contributed by atoms with E-state index in [0.717, 1.165) is 50.4 Å². The van der Waals surface area contributed by atoms with Gasteiger partial charge in [-0.3, -0.25) is 19.2 Å². The fraction of sp³-hybridized carbons (Fsp3) is 0.906. The molecule has 8 rings (SSSR count). The molecule has 10 nitrogen and oxygen atoms in total. The van der Waals surface area contributed by atoms with E-state index in [1.165, 1.54) is 32.1 Å². The van der Waals surface area contributed by atoms with E-state index in [1.807, 2.05) is 62.3 Å². The molecule has 0 aromatic carbocycles. The van der Waals surface area contributed by atoms with Crippen molar-refractivity contribution in [3.8, 4) is 0 Å². The van der Waals surface area contributed by atoms with E-state index in [9.17, 15) is 24.0 Å². The lowest BCUT2D eigenvalue weighted by Crippen LogP contribution is -2.63. The molecule has 63 heavy (non-hydrogen) atoms. The molecule has 8 fully saturated rings. The first kappa shape index (κ1) is 64.6. The number of rotatable bonds is 11. The Kier molecular flexibility index (Phi) is 25.4. The number of hydrogen-bond acceptors (Lipinski definition) is 10. The largest absolute Gasteiger partial charge is 0.460 e. The lowest BCUT2D eigenvalue weighted by molar-refractivity contribution is -0.231. The number of esters is 5. The highest BCUT2D eigenvalue weighted by molar-refractivity contribution is 5.80. The van der Waals surface area contributed by atoms with Gasteiger partial charge in [0.15, 0.2) is 6.61 Å². The molecule has 8 aliphatic rings. The van der Waals surface area contributed by atoms with Crippen molar-refractivity contribution in [1.82, 2.24) is 0 Å². The molecule has 0 spiro atoms. The van der Waals surface area contributed by atoms with Gasteiger partial charge < -0.3 is 23.7 Å². The summed E-state index contributed by atoms with van der Waals surface area (Å²) >= 11 is 0. The lowest BCUT2D eigenvalue weighted by atomic mass is 9.47. The molecule has 0 radical (unpaired) electrons. The number of carbonyl (C=O) groups excluding carboxylic acids is 5. The Hall–Kier alpha value is -2.65. The summed E-state index contributed by atoms with van der Waals surface area (Å²) < 4.78 is 27.8. The van der Waals surface area contributed by atoms with E-state index in [1.54, 1.807) is 13.8 Å². The van der Waals surface area contributed by atoms with Crippen molar-refractivity contribution in [1.29, 1.82) is 0 Å². The number of ether oxygens (including phenoxy) is 5. The standard InChI is InChI=1S/C19H32O2.C18H26O6.C10H20O2.6CH4/c1-6-18(4,5)17(20)21-19(12(2)3)15-8-13-7-14(10-15)11-16(19)9-13;1-4-18(2,3)17(21)22-9-14(19)24-15-11-5-10-6-12(8-11)16(20)23-13(15)7-10;1-7-10(5,6)8(11)12-9(2,3)4;;;;;;/h12-16H,6-11H2,1-5H3;10-13,15H,4-9H2,1-3H3;7H2,1-6H3;6*1H4. The van der Waals surface area contributed by atoms with Crippen molar-refractivity contribution in [2.45, 2.75) is 242 Å². The third-order valence-electron chi connectivity index (χ3n) is 14.7. The summed E-state index contributed by atoms with van der Waals surface area (Å²) in [5.41, 5.74) is -1.86. The first-order valence-corrected chi connectivity index (χ1v) is 22.3. The fourth-order valence-electron chi connectivity index (χ4n) is 10.2. The van der Waals surface area contributed by atoms with Crippen LogP contribution in [0.3, 0.4) is 0 Å². The molecule has 0 aromatic rings. The minimum absolute atomic E-state index is 0. The van der Waals surface area contributed by atoms with Crippen molar-refractivity contribution in [2.75, 3.05) is 6.61 Å². The predicted octanol–water partition coefficient (Wildman–Crippen LogP) is 13.6. The number of carbonyl (C=O) groups is 5. The van der Waals surface area contributed by atoms with Gasteiger partial charge in [-0.2, -0.15) is 0 Å². The molecule has 374 valence electrons. The second-order valence-electron chi connectivity index (χ2n) is 21.7. The second-order valence-corrected chi connectivity index (χ2v) is 21.7. The van der Waals surface area contributed by atoms with Gasteiger partial charge in [0.2, 0.25) is 0 Å². The molecule has 10 heteroatoms. The van der Waals surface area contributed by atoms with Gasteiger partial charge in [0.25, 0.3) is 0 Å². The fourth-order valence-corrected chi connectivity index (χ4v) is 10.2. The predicted molar refractivity (Wildman–Crippen MR) is 259 cm³/mol. The van der Waals surface area contributed by atoms with Crippen LogP contribution >= 0.6 is 0 Å². The maximum Gasteiger partial charge on any atom is 0.344 e. The molecule has 2 saturated heterocycles. The lowest BCUT2D eigenvalue weighted by Gasteiger charge is -2.62. The third-order valence-corrected chi connectivity index (χ3v) is 14.7. The average molecular weight is 899 g/mol. The van der Waals surface area contributed by atoms with Crippen LogP contribution in [0.5, 0.6) is 0 Å². The Balaban J connectivity index is -0.000000858. The Morgan fingerprint density at radius 3 is 1.51 bits per heavy atom. The summed E-state index contributed by atoms with van der Waals surface area (Å²) in [6.45, 7) is 27.2. The smallest absolute Gasteiger partial charge is 0.344 e. The third kappa shape index (κ3) is 15.2. The van der Waals surface area contributed by atoms with Crippen LogP contribution in [0.4, 0.5) is 0 Å². The molecule has 5 atom stereocenters. The summed E-state index contributed by atoms with van der Waals surface area (Å²) in [7, 11) is 0. The number of fused-ring (bicyclic) bond motifs is 1. The van der Waals surface area contributed by atoms with E-state index in [-0.39, 0.29) is 109 Å². The minimum atomic E-state index is -0.615. The highest BCUT2D eigenvalue weighted by atomic mass is 16.6. The number of hydrogen-bond donors (Lipinski definition) is 0. The Bertz CT molecular complexity index is 1420. The molecular formula is C53H102O10. The van der Waals surface area contributed by atoms with Crippen LogP contribution in [0, 0.1) is 63.6 Å². The molecule has 6 saturated carbocycles. The molecule has 6 aliphatic carbocycles. The van der Waals surface area contributed by atoms with Gasteiger partial charge in [0.1, 0.15) is 23.4 Å². The van der Waals surface area contributed by atoms with Crippen LogP contribution in [-0.2, 0) is 47.7 Å². The zero-order chi connectivity index (χ0) is 42.9. The van der Waals surface area contributed by atoms with Crippen LogP contribution in [0.15, 0.2) is 0 Å². The Morgan fingerprint density at radius 2 is 1.06 bits per heavy atom. The first-order chi connectivity index (χ1) is 26.3. The quantitative estimate of drug-likeness (QED) is 0.146. The molecule has 2 heterocycles. The van der Waals surface area contributed by atoms with E-state index in [0.29, 0.717) is 30.1 Å². The SMILES string of the molecule is C.C.C.C.C.C.CCC(C)(C)C(=O)OC(C)(C)C.CCC(C)(C)C(=O)OC1(C(C)C)C2CC3CC(C2)CC1C3.CCC(C)(C)C(=O)OCC(=O)OC1C2CC3CC(C2)C(=O)OC1C3. The first-order valence-electron chi connectivity index (χ1n) is 22.3. The molecule has 0 aromatic heterocycles. The zero-order valence-corrected chi connectivity index (χ0v) is 38.0. The van der Waals surface area contributed by atoms with Crippen LogP contribution < -0.4 is 0 Å². The molecule has 5 unspecified atom stereocenters. The Labute approximate surface area is 388 Å². The van der Waals surface area contributed by atoms with E-state index >= 15 is 0 Å². The zero-order valence-electron chi connectivity index (χ0n) is 38.0. The maximum absolute atomic E-state index is 12.8. The summed E-state index contributed by atoms with van der Waals surface area (Å²) in [4.78, 5) is 60.3. The molecule has 8 bridgehead atoms. The van der Waals surface area contributed by atoms with Crippen molar-refractivity contribution in [3.05, 3.63) is 0 Å². The summed E-state index contributed by atoms with van der Waals surface area (Å²) in [6, 6.07) is 0. The topological polar surface area (TPSA) is 132 Å². The van der Waals surface area contributed by atoms with Gasteiger partial charge in [-0.25, -0.2) is 4.79 Å². The van der Waals surface area contributed by atoms with Crippen LogP contribution in [0.2, 0.25) is 0 Å². The van der Waals surface area contributed by atoms with Crippen LogP contribution in [-0.4, -0.2) is 59.9 Å². The highest BCUT2D eigenvalue weighted by Crippen LogP contribution is 2.62. The minimum Gasteiger partial charge on any atom is -0.460 e. The average Bonchev–Trinajstić information content (AvgIpc) is 3.28. The van der Waals surface area contributed by atoms with Gasteiger partial charge in [-0.1, -0.05) is 79.2 Å². The summed E-state index contributed by atoms with van der Waals surface area (Å²) in [5, 5.41) is 0. The van der Waals surface area contributed by atoms with Crippen molar-refractivity contribution >= 4 is 29.8 Å². The highest BCUT2D eigenvalue weighted by Gasteiger charge is 2.61. The Morgan fingerprint density at radius 1 is 0.619 bits per heavy atom. The molecule has 0 N–H and O–H groups in total. The van der Waals surface area contributed by atoms with Gasteiger partial charge in [0, 0.05) is 5.92 Å². The molecule has 0 amide bonds. The summed E-state index contributed by atoms with van der Waals surface area (Å²) in [6.07, 6.45) is 11.5. The van der Waals surface area contributed by atoms with Crippen LogP contribution in [0.25, 0.3) is 0 Å². The summed E-state index contributed by atoms with van der Waals surface area (Å²) in [5.74, 6) is 2.90. The van der Waals surface area contributed by atoms with E-state index in [4.69, 9.17) is 23.7 Å². The van der Waals surface area contributed by atoms with E-state index in [2.05, 4.69) is 20.8 Å². The van der Waals surface area contributed by atoms with Gasteiger partial charge in [-0.15, -0.1) is 0 Å². The van der Waals surface area contributed by atoms with Crippen LogP contribution in [0.1, 0.15) is 219 Å².